The number of primary amides is 1. The van der Waals surface area contributed by atoms with E-state index in [0.717, 1.165) is 31.4 Å². The van der Waals surface area contributed by atoms with E-state index in [0.29, 0.717) is 38.1 Å². The fourth-order valence-corrected chi connectivity index (χ4v) is 4.01. The van der Waals surface area contributed by atoms with Gasteiger partial charge in [0.05, 0.1) is 12.3 Å². The number of hydrogen-bond donors (Lipinski definition) is 3. The van der Waals surface area contributed by atoms with Crippen molar-refractivity contribution in [2.45, 2.75) is 44.6 Å². The number of pyridine rings is 1. The summed E-state index contributed by atoms with van der Waals surface area (Å²) in [6.45, 7) is 4.07. The molecule has 12 nitrogen and oxygen atoms in total. The zero-order valence-corrected chi connectivity index (χ0v) is 20.1. The Morgan fingerprint density at radius 3 is 2.54 bits per heavy atom. The molecular weight excluding hydrogens is 452 g/mol. The topological polar surface area (TPSA) is 171 Å². The van der Waals surface area contributed by atoms with Crippen molar-refractivity contribution in [3.05, 3.63) is 29.3 Å². The third kappa shape index (κ3) is 6.32. The molecule has 1 aliphatic carbocycles. The molecule has 1 atom stereocenters. The number of nitrogens with zero attached hydrogens (tertiary/aromatic N) is 5. The largest absolute Gasteiger partial charge is 0.458 e. The first kappa shape index (κ1) is 24.6. The standard InChI is InChI=1S/C23H32N8O4/c1-13(12-34-2)35-23-29-20(21(33)26-11-14-3-4-14)28-22(30-23)31-9-7-15(8-10-31)17-6-5-16(24)18(27-17)19(25)32/h5-6,13-15H,3-4,7-12,24H2,1-2H3,(H2,25,32)(H,26,33)/t13-/m1/s1. The molecule has 0 unspecified atom stereocenters. The fourth-order valence-electron chi connectivity index (χ4n) is 4.01. The Balaban J connectivity index is 1.49. The zero-order chi connectivity index (χ0) is 24.9. The van der Waals surface area contributed by atoms with Crippen molar-refractivity contribution in [2.24, 2.45) is 11.7 Å². The molecule has 5 N–H and O–H groups in total. The van der Waals surface area contributed by atoms with Gasteiger partial charge in [-0.1, -0.05) is 0 Å². The molecule has 0 aromatic carbocycles. The SMILES string of the molecule is COC[C@@H](C)Oc1nc(C(=O)NCC2CC2)nc(N2CCC(c3ccc(N)c(C(N)=O)n3)CC2)n1. The number of methoxy groups -OCH3 is 1. The minimum Gasteiger partial charge on any atom is -0.458 e. The average Bonchev–Trinajstić information content (AvgIpc) is 3.67. The number of ether oxygens (including phenoxy) is 2. The molecule has 35 heavy (non-hydrogen) atoms. The van der Waals surface area contributed by atoms with E-state index in [9.17, 15) is 9.59 Å². The third-order valence-electron chi connectivity index (χ3n) is 6.14. The Hall–Kier alpha value is -3.54. The Morgan fingerprint density at radius 1 is 1.14 bits per heavy atom. The zero-order valence-electron chi connectivity index (χ0n) is 20.1. The van der Waals surface area contributed by atoms with E-state index >= 15 is 0 Å². The van der Waals surface area contributed by atoms with E-state index in [1.54, 1.807) is 13.2 Å². The van der Waals surface area contributed by atoms with Crippen LogP contribution in [0.4, 0.5) is 11.6 Å². The lowest BCUT2D eigenvalue weighted by Gasteiger charge is -2.32. The third-order valence-corrected chi connectivity index (χ3v) is 6.14. The quantitative estimate of drug-likeness (QED) is 0.439. The number of hydrogen-bond acceptors (Lipinski definition) is 10. The van der Waals surface area contributed by atoms with Crippen molar-refractivity contribution >= 4 is 23.5 Å². The maximum atomic E-state index is 12.7. The van der Waals surface area contributed by atoms with E-state index in [1.807, 2.05) is 17.9 Å². The number of aromatic nitrogens is 4. The second-order valence-corrected chi connectivity index (χ2v) is 9.08. The van der Waals surface area contributed by atoms with Crippen molar-refractivity contribution < 1.29 is 19.1 Å². The highest BCUT2D eigenvalue weighted by Gasteiger charge is 2.27. The molecule has 0 spiro atoms. The van der Waals surface area contributed by atoms with Gasteiger partial charge in [0.25, 0.3) is 11.8 Å². The van der Waals surface area contributed by atoms with Gasteiger partial charge in [-0.05, 0) is 50.7 Å². The van der Waals surface area contributed by atoms with Crippen LogP contribution in [-0.4, -0.2) is 71.2 Å². The van der Waals surface area contributed by atoms with E-state index in [2.05, 4.69) is 25.3 Å². The number of piperidine rings is 1. The number of amides is 2. The molecule has 2 aliphatic rings. The highest BCUT2D eigenvalue weighted by Crippen LogP contribution is 2.30. The maximum Gasteiger partial charge on any atom is 0.322 e. The van der Waals surface area contributed by atoms with Gasteiger partial charge in [0.1, 0.15) is 6.10 Å². The number of anilines is 2. The van der Waals surface area contributed by atoms with Gasteiger partial charge in [-0.2, -0.15) is 15.0 Å². The number of carbonyl (C=O) groups is 2. The molecule has 1 aliphatic heterocycles. The Morgan fingerprint density at radius 2 is 1.89 bits per heavy atom. The summed E-state index contributed by atoms with van der Waals surface area (Å²) in [4.78, 5) is 43.9. The van der Waals surface area contributed by atoms with Gasteiger partial charge in [0.2, 0.25) is 11.8 Å². The number of rotatable bonds is 10. The van der Waals surface area contributed by atoms with Crippen LogP contribution in [0.25, 0.3) is 0 Å². The summed E-state index contributed by atoms with van der Waals surface area (Å²) in [5.74, 6) is 0.0974. The van der Waals surface area contributed by atoms with E-state index in [-0.39, 0.29) is 41.1 Å². The van der Waals surface area contributed by atoms with Gasteiger partial charge in [-0.3, -0.25) is 9.59 Å². The predicted octanol–water partition coefficient (Wildman–Crippen LogP) is 0.885. The van der Waals surface area contributed by atoms with Crippen LogP contribution in [-0.2, 0) is 4.74 Å². The van der Waals surface area contributed by atoms with Crippen molar-refractivity contribution in [1.82, 2.24) is 25.3 Å². The van der Waals surface area contributed by atoms with Crippen molar-refractivity contribution in [1.29, 1.82) is 0 Å². The second-order valence-electron chi connectivity index (χ2n) is 9.08. The summed E-state index contributed by atoms with van der Waals surface area (Å²) in [6, 6.07) is 3.58. The van der Waals surface area contributed by atoms with Crippen LogP contribution >= 0.6 is 0 Å². The normalized spacial score (nSPS) is 17.1. The molecule has 1 saturated heterocycles. The molecular formula is C23H32N8O4. The molecule has 1 saturated carbocycles. The highest BCUT2D eigenvalue weighted by atomic mass is 16.5. The van der Waals surface area contributed by atoms with Crippen LogP contribution < -0.4 is 26.4 Å². The number of nitrogens with two attached hydrogens (primary N) is 2. The summed E-state index contributed by atoms with van der Waals surface area (Å²) in [5.41, 5.74) is 12.4. The summed E-state index contributed by atoms with van der Waals surface area (Å²) in [7, 11) is 1.59. The molecule has 2 aromatic rings. The first-order chi connectivity index (χ1) is 16.8. The summed E-state index contributed by atoms with van der Waals surface area (Å²) in [6.07, 6.45) is 3.47. The van der Waals surface area contributed by atoms with Gasteiger partial charge < -0.3 is 31.2 Å². The van der Waals surface area contributed by atoms with Crippen LogP contribution in [0, 0.1) is 5.92 Å². The summed E-state index contributed by atoms with van der Waals surface area (Å²) < 4.78 is 10.9. The van der Waals surface area contributed by atoms with Crippen LogP contribution in [0.15, 0.2) is 12.1 Å². The highest BCUT2D eigenvalue weighted by molar-refractivity contribution is 5.95. The molecule has 2 amide bonds. The molecule has 0 bridgehead atoms. The molecule has 2 fully saturated rings. The number of nitrogen functional groups attached to an aromatic ring is 1. The fraction of sp³-hybridized carbons (Fsp3) is 0.565. The Kier molecular flexibility index (Phi) is 7.59. The van der Waals surface area contributed by atoms with Crippen molar-refractivity contribution in [3.8, 4) is 6.01 Å². The lowest BCUT2D eigenvalue weighted by Crippen LogP contribution is -2.36. The van der Waals surface area contributed by atoms with E-state index in [1.165, 1.54) is 0 Å². The first-order valence-electron chi connectivity index (χ1n) is 11.8. The van der Waals surface area contributed by atoms with Gasteiger partial charge >= 0.3 is 6.01 Å². The van der Waals surface area contributed by atoms with Crippen LogP contribution in [0.2, 0.25) is 0 Å². The summed E-state index contributed by atoms with van der Waals surface area (Å²) in [5, 5.41) is 2.90. The molecule has 2 aromatic heterocycles. The van der Waals surface area contributed by atoms with Gasteiger partial charge in [-0.15, -0.1) is 0 Å². The van der Waals surface area contributed by atoms with Gasteiger partial charge in [0, 0.05) is 38.4 Å². The molecule has 3 heterocycles. The average molecular weight is 485 g/mol. The number of carbonyl (C=O) groups excluding carboxylic acids is 2. The number of nitrogens with one attached hydrogen (secondary N) is 1. The molecule has 4 rings (SSSR count). The lowest BCUT2D eigenvalue weighted by atomic mass is 9.93. The van der Waals surface area contributed by atoms with Crippen LogP contribution in [0.3, 0.4) is 0 Å². The van der Waals surface area contributed by atoms with Crippen LogP contribution in [0.1, 0.15) is 65.3 Å². The molecule has 188 valence electrons. The second kappa shape index (κ2) is 10.8. The molecule has 0 radical (unpaired) electrons. The van der Waals surface area contributed by atoms with E-state index in [4.69, 9.17) is 20.9 Å². The summed E-state index contributed by atoms with van der Waals surface area (Å²) >= 11 is 0. The Bertz CT molecular complexity index is 1070. The molecule has 12 heteroatoms. The smallest absolute Gasteiger partial charge is 0.322 e. The van der Waals surface area contributed by atoms with E-state index < -0.39 is 5.91 Å². The minimum atomic E-state index is -0.644. The first-order valence-corrected chi connectivity index (χ1v) is 11.8. The predicted molar refractivity (Wildman–Crippen MR) is 128 cm³/mol. The minimum absolute atomic E-state index is 0.0312. The monoisotopic (exact) mass is 484 g/mol. The van der Waals surface area contributed by atoms with Crippen molar-refractivity contribution in [2.75, 3.05) is 44.0 Å². The maximum absolute atomic E-state index is 12.7. The van der Waals surface area contributed by atoms with Gasteiger partial charge in [-0.25, -0.2) is 4.98 Å². The lowest BCUT2D eigenvalue weighted by molar-refractivity contribution is 0.0838. The Labute approximate surface area is 203 Å². The van der Waals surface area contributed by atoms with Crippen molar-refractivity contribution in [3.63, 3.8) is 0 Å². The van der Waals surface area contributed by atoms with Crippen LogP contribution in [0.5, 0.6) is 6.01 Å². The van der Waals surface area contributed by atoms with Gasteiger partial charge in [0.15, 0.2) is 5.69 Å².